The summed E-state index contributed by atoms with van der Waals surface area (Å²) in [4.78, 5) is 23.1. The molecule has 8 nitrogen and oxygen atoms in total. The third kappa shape index (κ3) is 27.8. The second-order valence-electron chi connectivity index (χ2n) is 8.37. The standard InChI is InChI=1S/C28H48N2O6/c1-3-5-7-9-11-17-23-35-27(31)29-19-25-33-21-15-13-14-16-22-34-26-20-30-28(32)36-24-18-12-10-8-6-4-2/h3-12,17-26H2,1-2H3,(H,29,31)(H,30,32). The summed E-state index contributed by atoms with van der Waals surface area (Å²) in [5, 5.41) is 5.29. The smallest absolute Gasteiger partial charge is 0.407 e. The molecule has 0 unspecified atom stereocenters. The van der Waals surface area contributed by atoms with Gasteiger partial charge >= 0.3 is 12.2 Å². The van der Waals surface area contributed by atoms with Gasteiger partial charge in [-0.25, -0.2) is 9.59 Å². The zero-order chi connectivity index (χ0) is 26.4. The van der Waals surface area contributed by atoms with Gasteiger partial charge in [-0.1, -0.05) is 89.9 Å². The second kappa shape index (κ2) is 28.8. The normalized spacial score (nSPS) is 9.94. The molecule has 0 atom stereocenters. The van der Waals surface area contributed by atoms with Gasteiger partial charge in [0.2, 0.25) is 0 Å². The fourth-order valence-corrected chi connectivity index (χ4v) is 3.05. The van der Waals surface area contributed by atoms with Crippen molar-refractivity contribution in [3.63, 3.8) is 0 Å². The van der Waals surface area contributed by atoms with Gasteiger partial charge in [0.05, 0.1) is 26.4 Å². The van der Waals surface area contributed by atoms with Crippen molar-refractivity contribution >= 4 is 12.2 Å². The number of hydrogen-bond acceptors (Lipinski definition) is 6. The number of alkyl carbamates (subject to hydrolysis) is 2. The topological polar surface area (TPSA) is 95.1 Å². The van der Waals surface area contributed by atoms with E-state index in [0.717, 1.165) is 25.7 Å². The van der Waals surface area contributed by atoms with Crippen LogP contribution in [0.3, 0.4) is 0 Å². The number of hydrogen-bond donors (Lipinski definition) is 2. The highest BCUT2D eigenvalue weighted by atomic mass is 16.6. The van der Waals surface area contributed by atoms with Gasteiger partial charge in [0.25, 0.3) is 0 Å². The Morgan fingerprint density at radius 1 is 0.556 bits per heavy atom. The molecule has 0 aliphatic carbocycles. The van der Waals surface area contributed by atoms with Gasteiger partial charge < -0.3 is 29.6 Å². The van der Waals surface area contributed by atoms with E-state index in [-0.39, 0.29) is 13.2 Å². The number of carbonyl (C=O) groups excluding carboxylic acids is 2. The number of rotatable bonds is 22. The molecule has 0 aliphatic rings. The number of amides is 2. The largest absolute Gasteiger partial charge is 0.450 e. The van der Waals surface area contributed by atoms with Crippen LogP contribution in [0.4, 0.5) is 9.59 Å². The maximum Gasteiger partial charge on any atom is 0.407 e. The lowest BCUT2D eigenvalue weighted by molar-refractivity contribution is 0.132. The van der Waals surface area contributed by atoms with Gasteiger partial charge in [-0.05, 0) is 24.7 Å². The van der Waals surface area contributed by atoms with Crippen LogP contribution in [0.2, 0.25) is 0 Å². The fraction of sp³-hybridized carbons (Fsp3) is 0.786. The molecule has 0 radical (unpaired) electrons. The molecule has 0 spiro atoms. The third-order valence-corrected chi connectivity index (χ3v) is 5.08. The number of unbranched alkanes of at least 4 members (excludes halogenated alkanes) is 10. The van der Waals surface area contributed by atoms with E-state index in [1.807, 2.05) is 0 Å². The van der Waals surface area contributed by atoms with E-state index in [2.05, 4.69) is 48.2 Å². The average Bonchev–Trinajstić information content (AvgIpc) is 2.87. The molecule has 0 rings (SSSR count). The first-order valence-corrected chi connectivity index (χ1v) is 13.6. The summed E-state index contributed by atoms with van der Waals surface area (Å²) >= 11 is 0. The van der Waals surface area contributed by atoms with E-state index in [4.69, 9.17) is 18.9 Å². The van der Waals surface area contributed by atoms with Crippen molar-refractivity contribution in [1.82, 2.24) is 10.6 Å². The van der Waals surface area contributed by atoms with Gasteiger partial charge in [0, 0.05) is 13.1 Å². The number of ether oxygens (including phenoxy) is 4. The number of carbonyl (C=O) groups is 2. The van der Waals surface area contributed by atoms with Crippen molar-refractivity contribution in [2.75, 3.05) is 52.7 Å². The zero-order valence-corrected chi connectivity index (χ0v) is 22.6. The molecule has 8 heteroatoms. The summed E-state index contributed by atoms with van der Waals surface area (Å²) < 4.78 is 20.8. The molecule has 0 saturated carbocycles. The van der Waals surface area contributed by atoms with Gasteiger partial charge in [-0.3, -0.25) is 0 Å². The minimum Gasteiger partial charge on any atom is -0.450 e. The molecule has 0 aliphatic heterocycles. The fourth-order valence-electron chi connectivity index (χ4n) is 3.05. The summed E-state index contributed by atoms with van der Waals surface area (Å²) in [6.45, 7) is 7.20. The summed E-state index contributed by atoms with van der Waals surface area (Å²) in [6.07, 6.45) is 13.1. The molecule has 2 N–H and O–H groups in total. The van der Waals surface area contributed by atoms with Gasteiger partial charge in [0.1, 0.15) is 13.2 Å². The van der Waals surface area contributed by atoms with E-state index in [1.165, 1.54) is 51.4 Å². The first-order valence-electron chi connectivity index (χ1n) is 13.6. The van der Waals surface area contributed by atoms with E-state index in [1.54, 1.807) is 0 Å². The van der Waals surface area contributed by atoms with Crippen LogP contribution in [0.5, 0.6) is 0 Å². The second-order valence-corrected chi connectivity index (χ2v) is 8.37. The molecule has 0 saturated heterocycles. The predicted molar refractivity (Wildman–Crippen MR) is 143 cm³/mol. The van der Waals surface area contributed by atoms with E-state index in [0.29, 0.717) is 39.5 Å². The van der Waals surface area contributed by atoms with Crippen molar-refractivity contribution in [3.8, 4) is 23.7 Å². The van der Waals surface area contributed by atoms with Crippen molar-refractivity contribution in [2.24, 2.45) is 0 Å². The van der Waals surface area contributed by atoms with Crippen molar-refractivity contribution in [3.05, 3.63) is 0 Å². The Bertz CT molecular complexity index is 592. The molecule has 0 heterocycles. The van der Waals surface area contributed by atoms with Gasteiger partial charge in [0.15, 0.2) is 0 Å². The van der Waals surface area contributed by atoms with E-state index in [9.17, 15) is 9.59 Å². The lowest BCUT2D eigenvalue weighted by atomic mass is 10.1. The molecule has 0 bridgehead atoms. The highest BCUT2D eigenvalue weighted by Gasteiger charge is 2.01. The molecule has 0 aromatic carbocycles. The third-order valence-electron chi connectivity index (χ3n) is 5.08. The minimum atomic E-state index is -0.413. The Morgan fingerprint density at radius 2 is 0.944 bits per heavy atom. The van der Waals surface area contributed by atoms with Crippen LogP contribution >= 0.6 is 0 Å². The summed E-state index contributed by atoms with van der Waals surface area (Å²) in [5.41, 5.74) is 0. The van der Waals surface area contributed by atoms with Crippen LogP contribution in [-0.4, -0.2) is 64.9 Å². The minimum absolute atomic E-state index is 0.231. The number of nitrogens with one attached hydrogen (secondary N) is 2. The highest BCUT2D eigenvalue weighted by Crippen LogP contribution is 2.05. The van der Waals surface area contributed by atoms with Crippen LogP contribution in [0, 0.1) is 23.7 Å². The Hall–Kier alpha value is -2.42. The first-order chi connectivity index (χ1) is 17.7. The predicted octanol–water partition coefficient (Wildman–Crippen LogP) is 5.20. The maximum atomic E-state index is 11.5. The van der Waals surface area contributed by atoms with Crippen LogP contribution < -0.4 is 10.6 Å². The summed E-state index contributed by atoms with van der Waals surface area (Å²) in [5.74, 6) is 10.9. The Morgan fingerprint density at radius 3 is 1.36 bits per heavy atom. The molecular weight excluding hydrogens is 460 g/mol. The Balaban J connectivity index is 3.42. The molecular formula is C28H48N2O6. The highest BCUT2D eigenvalue weighted by molar-refractivity contribution is 5.67. The quantitative estimate of drug-likeness (QED) is 0.154. The van der Waals surface area contributed by atoms with Crippen LogP contribution in [-0.2, 0) is 18.9 Å². The lowest BCUT2D eigenvalue weighted by Gasteiger charge is -2.06. The molecule has 206 valence electrons. The van der Waals surface area contributed by atoms with Crippen LogP contribution in [0.1, 0.15) is 90.9 Å². The van der Waals surface area contributed by atoms with Crippen molar-refractivity contribution in [2.45, 2.75) is 90.9 Å². The van der Waals surface area contributed by atoms with Gasteiger partial charge in [-0.15, -0.1) is 0 Å². The SMILES string of the molecule is CCCCCCCCOC(=O)NCCOCC#CC#CCOCCNC(=O)OCCCCCCCC. The van der Waals surface area contributed by atoms with Gasteiger partial charge in [-0.2, -0.15) is 0 Å². The maximum absolute atomic E-state index is 11.5. The van der Waals surface area contributed by atoms with Crippen molar-refractivity contribution < 1.29 is 28.5 Å². The molecule has 0 aromatic rings. The van der Waals surface area contributed by atoms with Crippen LogP contribution in [0.15, 0.2) is 0 Å². The van der Waals surface area contributed by atoms with E-state index < -0.39 is 12.2 Å². The Kier molecular flexibility index (Phi) is 26.9. The molecule has 0 aromatic heterocycles. The Labute approximate surface area is 218 Å². The summed E-state index contributed by atoms with van der Waals surface area (Å²) in [6, 6.07) is 0. The summed E-state index contributed by atoms with van der Waals surface area (Å²) in [7, 11) is 0. The average molecular weight is 509 g/mol. The molecule has 0 fully saturated rings. The molecule has 36 heavy (non-hydrogen) atoms. The monoisotopic (exact) mass is 508 g/mol. The lowest BCUT2D eigenvalue weighted by Crippen LogP contribution is -2.28. The zero-order valence-electron chi connectivity index (χ0n) is 22.6. The van der Waals surface area contributed by atoms with E-state index >= 15 is 0 Å². The van der Waals surface area contributed by atoms with Crippen LogP contribution in [0.25, 0.3) is 0 Å². The molecule has 2 amide bonds. The first kappa shape index (κ1) is 33.6. The van der Waals surface area contributed by atoms with Crippen molar-refractivity contribution in [1.29, 1.82) is 0 Å².